The second-order valence-corrected chi connectivity index (χ2v) is 7.25. The number of benzene rings is 2. The van der Waals surface area contributed by atoms with Crippen molar-refractivity contribution in [1.82, 2.24) is 4.90 Å². The lowest BCUT2D eigenvalue weighted by molar-refractivity contribution is 0.142. The van der Waals surface area contributed by atoms with Gasteiger partial charge in [0.1, 0.15) is 22.5 Å². The van der Waals surface area contributed by atoms with Gasteiger partial charge >= 0.3 is 6.09 Å². The van der Waals surface area contributed by atoms with Crippen LogP contribution < -0.4 is 19.6 Å². The molecular formula is C23H23NO7. The van der Waals surface area contributed by atoms with Crippen LogP contribution in [-0.4, -0.2) is 43.4 Å². The van der Waals surface area contributed by atoms with E-state index >= 15 is 0 Å². The number of likely N-dealkylation sites (tertiary alicyclic amines) is 1. The number of hydrogen-bond donors (Lipinski definition) is 1. The number of phenols is 1. The average molecular weight is 425 g/mol. The Hall–Kier alpha value is -3.68. The van der Waals surface area contributed by atoms with E-state index in [0.717, 1.165) is 19.3 Å². The number of rotatable bonds is 4. The Labute approximate surface area is 178 Å². The standard InChI is InChI=1S/C23H23NO7/c1-28-21-17(26)13-19-20(22(21)29-2)16(25)12-18(31-19)14-6-8-15(9-7-14)30-23(27)24-10-4-3-5-11-24/h6-9,12-13,26H,3-5,10-11H2,1-2H3. The molecule has 0 unspecified atom stereocenters. The van der Waals surface area contributed by atoms with Gasteiger partial charge < -0.3 is 28.6 Å². The zero-order valence-electron chi connectivity index (χ0n) is 17.3. The van der Waals surface area contributed by atoms with Gasteiger partial charge in [0.25, 0.3) is 0 Å². The number of phenolic OH excluding ortho intramolecular Hbond substituents is 1. The molecule has 1 aromatic heterocycles. The minimum Gasteiger partial charge on any atom is -0.504 e. The number of fused-ring (bicyclic) bond motifs is 1. The molecule has 0 saturated carbocycles. The van der Waals surface area contributed by atoms with Crippen LogP contribution in [0.25, 0.3) is 22.3 Å². The monoisotopic (exact) mass is 425 g/mol. The van der Waals surface area contributed by atoms with E-state index in [0.29, 0.717) is 30.2 Å². The average Bonchev–Trinajstić information content (AvgIpc) is 2.79. The van der Waals surface area contributed by atoms with Gasteiger partial charge in [0.15, 0.2) is 16.9 Å². The summed E-state index contributed by atoms with van der Waals surface area (Å²) in [7, 11) is 2.76. The van der Waals surface area contributed by atoms with Gasteiger partial charge in [-0.2, -0.15) is 0 Å². The molecular weight excluding hydrogens is 402 g/mol. The maximum Gasteiger partial charge on any atom is 0.415 e. The Morgan fingerprint density at radius 1 is 1.00 bits per heavy atom. The molecule has 0 atom stereocenters. The number of methoxy groups -OCH3 is 2. The van der Waals surface area contributed by atoms with Crippen LogP contribution in [0.3, 0.4) is 0 Å². The minimum atomic E-state index is -0.360. The van der Waals surface area contributed by atoms with Crippen LogP contribution in [0.1, 0.15) is 19.3 Å². The molecule has 8 nitrogen and oxygen atoms in total. The van der Waals surface area contributed by atoms with Crippen molar-refractivity contribution in [2.75, 3.05) is 27.3 Å². The Balaban J connectivity index is 1.63. The summed E-state index contributed by atoms with van der Waals surface area (Å²) in [5, 5.41) is 10.4. The van der Waals surface area contributed by atoms with Gasteiger partial charge in [0, 0.05) is 30.8 Å². The fourth-order valence-corrected chi connectivity index (χ4v) is 3.72. The smallest absolute Gasteiger partial charge is 0.415 e. The summed E-state index contributed by atoms with van der Waals surface area (Å²) in [6.07, 6.45) is 2.75. The van der Waals surface area contributed by atoms with Gasteiger partial charge in [-0.05, 0) is 43.5 Å². The number of ether oxygens (including phenoxy) is 3. The molecule has 2 heterocycles. The summed E-state index contributed by atoms with van der Waals surface area (Å²) in [6.45, 7) is 1.42. The lowest BCUT2D eigenvalue weighted by Crippen LogP contribution is -2.37. The minimum absolute atomic E-state index is 0.0647. The van der Waals surface area contributed by atoms with Crippen molar-refractivity contribution in [3.8, 4) is 34.3 Å². The van der Waals surface area contributed by atoms with Gasteiger partial charge in [-0.1, -0.05) is 0 Å². The Morgan fingerprint density at radius 3 is 2.32 bits per heavy atom. The summed E-state index contributed by atoms with van der Waals surface area (Å²) in [6, 6.07) is 9.35. The highest BCUT2D eigenvalue weighted by Crippen LogP contribution is 2.42. The molecule has 1 amide bonds. The topological polar surface area (TPSA) is 98.4 Å². The second-order valence-electron chi connectivity index (χ2n) is 7.25. The first-order chi connectivity index (χ1) is 15.0. The summed E-state index contributed by atoms with van der Waals surface area (Å²) < 4.78 is 21.7. The number of piperidine rings is 1. The van der Waals surface area contributed by atoms with Gasteiger partial charge in [0.05, 0.1) is 14.2 Å². The van der Waals surface area contributed by atoms with Crippen LogP contribution in [0.4, 0.5) is 4.79 Å². The van der Waals surface area contributed by atoms with Crippen LogP contribution in [0.2, 0.25) is 0 Å². The molecule has 0 radical (unpaired) electrons. The fraction of sp³-hybridized carbons (Fsp3) is 0.304. The van der Waals surface area contributed by atoms with Crippen LogP contribution in [0, 0.1) is 0 Å². The zero-order valence-corrected chi connectivity index (χ0v) is 17.3. The Kier molecular flexibility index (Phi) is 5.70. The predicted octanol–water partition coefficient (Wildman–Crippen LogP) is 4.17. The molecule has 31 heavy (non-hydrogen) atoms. The summed E-state index contributed by atoms with van der Waals surface area (Å²) >= 11 is 0. The number of carbonyl (C=O) groups is 1. The third-order valence-electron chi connectivity index (χ3n) is 5.28. The number of amides is 1. The molecule has 162 valence electrons. The summed E-state index contributed by atoms with van der Waals surface area (Å²) in [4.78, 5) is 26.7. The van der Waals surface area contributed by atoms with Crippen LogP contribution in [0.15, 0.2) is 45.6 Å². The van der Waals surface area contributed by atoms with E-state index in [1.807, 2.05) is 0 Å². The molecule has 1 aliphatic rings. The van der Waals surface area contributed by atoms with Crippen LogP contribution in [0.5, 0.6) is 23.0 Å². The van der Waals surface area contributed by atoms with Gasteiger partial charge in [-0.15, -0.1) is 0 Å². The number of nitrogens with zero attached hydrogens (tertiary/aromatic N) is 1. The third kappa shape index (κ3) is 4.01. The van der Waals surface area contributed by atoms with Crippen molar-refractivity contribution in [3.63, 3.8) is 0 Å². The van der Waals surface area contributed by atoms with E-state index in [4.69, 9.17) is 18.6 Å². The van der Waals surface area contributed by atoms with Crippen LogP contribution >= 0.6 is 0 Å². The highest BCUT2D eigenvalue weighted by molar-refractivity contribution is 5.90. The van der Waals surface area contributed by atoms with Crippen molar-refractivity contribution in [2.45, 2.75) is 19.3 Å². The normalized spacial score (nSPS) is 13.8. The first-order valence-electron chi connectivity index (χ1n) is 10.0. The molecule has 2 aromatic carbocycles. The van der Waals surface area contributed by atoms with E-state index in [2.05, 4.69) is 0 Å². The first-order valence-corrected chi connectivity index (χ1v) is 10.0. The van der Waals surface area contributed by atoms with Crippen molar-refractivity contribution in [1.29, 1.82) is 0 Å². The predicted molar refractivity (Wildman–Crippen MR) is 114 cm³/mol. The molecule has 0 aliphatic carbocycles. The van der Waals surface area contributed by atoms with E-state index in [9.17, 15) is 14.7 Å². The number of hydrogen-bond acceptors (Lipinski definition) is 7. The molecule has 0 spiro atoms. The third-order valence-corrected chi connectivity index (χ3v) is 5.28. The molecule has 3 aromatic rings. The van der Waals surface area contributed by atoms with E-state index in [-0.39, 0.29) is 39.7 Å². The molecule has 1 saturated heterocycles. The SMILES string of the molecule is COc1c(O)cc2oc(-c3ccc(OC(=O)N4CCCCC4)cc3)cc(=O)c2c1OC. The van der Waals surface area contributed by atoms with Crippen molar-refractivity contribution < 1.29 is 28.5 Å². The van der Waals surface area contributed by atoms with Crippen LogP contribution in [-0.2, 0) is 0 Å². The van der Waals surface area contributed by atoms with Gasteiger partial charge in [-0.25, -0.2) is 4.79 Å². The molecule has 1 fully saturated rings. The van der Waals surface area contributed by atoms with E-state index < -0.39 is 0 Å². The molecule has 4 rings (SSSR count). The molecule has 1 N–H and O–H groups in total. The quantitative estimate of drug-likeness (QED) is 0.670. The maximum absolute atomic E-state index is 12.8. The summed E-state index contributed by atoms with van der Waals surface area (Å²) in [5.74, 6) is 0.685. The second kappa shape index (κ2) is 8.59. The molecule has 1 aliphatic heterocycles. The zero-order chi connectivity index (χ0) is 22.0. The van der Waals surface area contributed by atoms with Gasteiger partial charge in [-0.3, -0.25) is 4.79 Å². The summed E-state index contributed by atoms with van der Waals surface area (Å²) in [5.41, 5.74) is 0.441. The number of carbonyl (C=O) groups excluding carboxylic acids is 1. The number of aromatic hydroxyl groups is 1. The van der Waals surface area contributed by atoms with Crippen molar-refractivity contribution in [2.24, 2.45) is 0 Å². The van der Waals surface area contributed by atoms with Crippen molar-refractivity contribution >= 4 is 17.1 Å². The van der Waals surface area contributed by atoms with Crippen molar-refractivity contribution in [3.05, 3.63) is 46.6 Å². The molecule has 8 heteroatoms. The van der Waals surface area contributed by atoms with Gasteiger partial charge in [0.2, 0.25) is 5.75 Å². The Morgan fingerprint density at radius 2 is 1.68 bits per heavy atom. The largest absolute Gasteiger partial charge is 0.504 e. The highest BCUT2D eigenvalue weighted by atomic mass is 16.6. The van der Waals surface area contributed by atoms with E-state index in [1.165, 1.54) is 26.4 Å². The lowest BCUT2D eigenvalue weighted by atomic mass is 10.1. The maximum atomic E-state index is 12.8. The Bertz CT molecular complexity index is 1160. The fourth-order valence-electron chi connectivity index (χ4n) is 3.72. The first kappa shape index (κ1) is 20.6. The highest BCUT2D eigenvalue weighted by Gasteiger charge is 2.21. The lowest BCUT2D eigenvalue weighted by Gasteiger charge is -2.25. The molecule has 0 bridgehead atoms. The van der Waals surface area contributed by atoms with E-state index in [1.54, 1.807) is 29.2 Å².